The second-order valence-electron chi connectivity index (χ2n) is 6.67. The molecule has 1 atom stereocenters. The van der Waals surface area contributed by atoms with Crippen molar-refractivity contribution in [3.05, 3.63) is 35.4 Å². The zero-order valence-corrected chi connectivity index (χ0v) is 14.3. The van der Waals surface area contributed by atoms with Crippen LogP contribution in [0.15, 0.2) is 24.3 Å². The van der Waals surface area contributed by atoms with Crippen LogP contribution in [0.1, 0.15) is 49.7 Å². The third-order valence-electron chi connectivity index (χ3n) is 4.83. The molecule has 4 nitrogen and oxygen atoms in total. The number of amides is 1. The number of carbonyl (C=O) groups is 1. The first-order valence-electron chi connectivity index (χ1n) is 8.61. The third kappa shape index (κ3) is 4.55. The van der Waals surface area contributed by atoms with Crippen molar-refractivity contribution in [1.29, 1.82) is 0 Å². The van der Waals surface area contributed by atoms with Gasteiger partial charge in [-0.05, 0) is 31.7 Å². The van der Waals surface area contributed by atoms with Crippen molar-refractivity contribution in [2.45, 2.75) is 57.0 Å². The van der Waals surface area contributed by atoms with Gasteiger partial charge in [0.05, 0.1) is 18.1 Å². The molecule has 23 heavy (non-hydrogen) atoms. The number of aryl methyl sites for hydroxylation is 1. The second-order valence-corrected chi connectivity index (χ2v) is 6.67. The van der Waals surface area contributed by atoms with Crippen molar-refractivity contribution in [1.82, 2.24) is 5.32 Å². The Hall–Kier alpha value is -1.39. The molecule has 0 spiro atoms. The molecule has 1 aliphatic rings. The lowest BCUT2D eigenvalue weighted by Gasteiger charge is -2.36. The number of carbonyl (C=O) groups excluding carboxylic acids is 1. The van der Waals surface area contributed by atoms with E-state index in [-0.39, 0.29) is 5.91 Å². The van der Waals surface area contributed by atoms with Crippen LogP contribution in [0.2, 0.25) is 0 Å². The van der Waals surface area contributed by atoms with Crippen molar-refractivity contribution in [3.8, 4) is 0 Å². The van der Waals surface area contributed by atoms with Crippen molar-refractivity contribution in [3.63, 3.8) is 0 Å². The van der Waals surface area contributed by atoms with E-state index in [1.54, 1.807) is 7.11 Å². The van der Waals surface area contributed by atoms with Crippen LogP contribution in [0, 0.1) is 6.92 Å². The minimum absolute atomic E-state index is 0.104. The molecule has 0 bridgehead atoms. The highest BCUT2D eigenvalue weighted by atomic mass is 16.5. The van der Waals surface area contributed by atoms with Crippen LogP contribution in [0.4, 0.5) is 0 Å². The van der Waals surface area contributed by atoms with Crippen LogP contribution in [-0.4, -0.2) is 37.4 Å². The summed E-state index contributed by atoms with van der Waals surface area (Å²) in [6.45, 7) is 2.86. The van der Waals surface area contributed by atoms with E-state index in [9.17, 15) is 9.90 Å². The minimum Gasteiger partial charge on any atom is -0.391 e. The highest BCUT2D eigenvalue weighted by Gasteiger charge is 2.40. The number of aliphatic hydroxyl groups excluding tert-OH is 1. The molecule has 1 aliphatic carbocycles. The monoisotopic (exact) mass is 319 g/mol. The smallest absolute Gasteiger partial charge is 0.230 e. The minimum atomic E-state index is -0.526. The molecule has 1 aromatic rings. The van der Waals surface area contributed by atoms with Crippen LogP contribution < -0.4 is 5.32 Å². The summed E-state index contributed by atoms with van der Waals surface area (Å²) >= 11 is 0. The molecule has 2 N–H and O–H groups in total. The molecular weight excluding hydrogens is 290 g/mol. The normalized spacial score (nSPS) is 18.4. The maximum atomic E-state index is 12.9. The zero-order valence-electron chi connectivity index (χ0n) is 14.3. The van der Waals surface area contributed by atoms with E-state index in [2.05, 4.69) is 30.4 Å². The summed E-state index contributed by atoms with van der Waals surface area (Å²) < 4.78 is 4.92. The van der Waals surface area contributed by atoms with Gasteiger partial charge >= 0.3 is 0 Å². The fourth-order valence-corrected chi connectivity index (χ4v) is 3.54. The van der Waals surface area contributed by atoms with E-state index in [1.165, 1.54) is 12.0 Å². The maximum Gasteiger partial charge on any atom is 0.230 e. The van der Waals surface area contributed by atoms with Gasteiger partial charge in [-0.15, -0.1) is 0 Å². The van der Waals surface area contributed by atoms with Gasteiger partial charge in [0.25, 0.3) is 0 Å². The molecular formula is C19H29NO3. The Morgan fingerprint density at radius 2 is 2.09 bits per heavy atom. The van der Waals surface area contributed by atoms with E-state index in [0.717, 1.165) is 31.2 Å². The predicted molar refractivity (Wildman–Crippen MR) is 91.5 cm³/mol. The standard InChI is InChI=1S/C19H29NO3/c1-15-7-6-8-16(13-15)19(10-4-3-5-11-19)18(22)20-12-9-17(21)14-23-2/h6-8,13,17,21H,3-5,9-12,14H2,1-2H3,(H,20,22). The van der Waals surface area contributed by atoms with Gasteiger partial charge in [-0.2, -0.15) is 0 Å². The van der Waals surface area contributed by atoms with Crippen molar-refractivity contribution in [2.75, 3.05) is 20.3 Å². The van der Waals surface area contributed by atoms with Crippen LogP contribution in [-0.2, 0) is 14.9 Å². The number of benzene rings is 1. The average Bonchev–Trinajstić information content (AvgIpc) is 2.55. The number of hydrogen-bond acceptors (Lipinski definition) is 3. The zero-order chi connectivity index (χ0) is 16.7. The Morgan fingerprint density at radius 3 is 2.74 bits per heavy atom. The lowest BCUT2D eigenvalue weighted by molar-refractivity contribution is -0.128. The van der Waals surface area contributed by atoms with Gasteiger partial charge in [0.15, 0.2) is 0 Å². The lowest BCUT2D eigenvalue weighted by atomic mass is 9.68. The van der Waals surface area contributed by atoms with Gasteiger partial charge in [-0.25, -0.2) is 0 Å². The van der Waals surface area contributed by atoms with Crippen LogP contribution in [0.3, 0.4) is 0 Å². The lowest BCUT2D eigenvalue weighted by Crippen LogP contribution is -2.46. The van der Waals surface area contributed by atoms with Crippen LogP contribution in [0.5, 0.6) is 0 Å². The maximum absolute atomic E-state index is 12.9. The fraction of sp³-hybridized carbons (Fsp3) is 0.632. The predicted octanol–water partition coefficient (Wildman–Crippen LogP) is 2.71. The first-order valence-corrected chi connectivity index (χ1v) is 8.61. The first-order chi connectivity index (χ1) is 11.1. The van der Waals surface area contributed by atoms with Gasteiger partial charge < -0.3 is 15.2 Å². The van der Waals surface area contributed by atoms with E-state index in [4.69, 9.17) is 4.74 Å². The highest BCUT2D eigenvalue weighted by Crippen LogP contribution is 2.40. The Bertz CT molecular complexity index is 509. The summed E-state index contributed by atoms with van der Waals surface area (Å²) in [6.07, 6.45) is 5.19. The molecule has 0 aliphatic heterocycles. The molecule has 0 saturated heterocycles. The summed E-state index contributed by atoms with van der Waals surface area (Å²) in [4.78, 5) is 12.9. The third-order valence-corrected chi connectivity index (χ3v) is 4.83. The van der Waals surface area contributed by atoms with Gasteiger partial charge in [0, 0.05) is 13.7 Å². The molecule has 2 rings (SSSR count). The fourth-order valence-electron chi connectivity index (χ4n) is 3.54. The largest absolute Gasteiger partial charge is 0.391 e. The molecule has 1 saturated carbocycles. The molecule has 4 heteroatoms. The molecule has 128 valence electrons. The molecule has 0 radical (unpaired) electrons. The van der Waals surface area contributed by atoms with E-state index < -0.39 is 11.5 Å². The SMILES string of the molecule is COCC(O)CCNC(=O)C1(c2cccc(C)c2)CCCCC1. The number of nitrogens with one attached hydrogen (secondary N) is 1. The Morgan fingerprint density at radius 1 is 1.35 bits per heavy atom. The number of aliphatic hydroxyl groups is 1. The molecule has 1 aromatic carbocycles. The number of ether oxygens (including phenoxy) is 1. The topological polar surface area (TPSA) is 58.6 Å². The van der Waals surface area contributed by atoms with Gasteiger partial charge in [-0.1, -0.05) is 49.1 Å². The number of methoxy groups -OCH3 is 1. The summed E-state index contributed by atoms with van der Waals surface area (Å²) in [7, 11) is 1.57. The van der Waals surface area contributed by atoms with Crippen molar-refractivity contribution < 1.29 is 14.6 Å². The number of hydrogen-bond donors (Lipinski definition) is 2. The summed E-state index contributed by atoms with van der Waals surface area (Å²) in [6, 6.07) is 8.33. The second kappa shape index (κ2) is 8.46. The quantitative estimate of drug-likeness (QED) is 0.812. The molecule has 1 unspecified atom stereocenters. The van der Waals surface area contributed by atoms with Gasteiger partial charge in [-0.3, -0.25) is 4.79 Å². The van der Waals surface area contributed by atoms with Crippen LogP contribution >= 0.6 is 0 Å². The first kappa shape index (κ1) is 18.0. The highest BCUT2D eigenvalue weighted by molar-refractivity contribution is 5.88. The average molecular weight is 319 g/mol. The van der Waals surface area contributed by atoms with Crippen molar-refractivity contribution in [2.24, 2.45) is 0 Å². The summed E-state index contributed by atoms with van der Waals surface area (Å²) in [5, 5.41) is 12.8. The molecule has 1 fully saturated rings. The number of rotatable bonds is 7. The van der Waals surface area contributed by atoms with Crippen LogP contribution in [0.25, 0.3) is 0 Å². The Kier molecular flexibility index (Phi) is 6.60. The molecule has 0 aromatic heterocycles. The Labute approximate surface area is 139 Å². The summed E-state index contributed by atoms with van der Waals surface area (Å²) in [5.41, 5.74) is 1.92. The van der Waals surface area contributed by atoms with Gasteiger partial charge in [0.2, 0.25) is 5.91 Å². The molecule has 0 heterocycles. The molecule has 1 amide bonds. The summed E-state index contributed by atoms with van der Waals surface area (Å²) in [5.74, 6) is 0.104. The Balaban J connectivity index is 2.07. The van der Waals surface area contributed by atoms with E-state index >= 15 is 0 Å². The van der Waals surface area contributed by atoms with E-state index in [0.29, 0.717) is 19.6 Å². The van der Waals surface area contributed by atoms with Crippen molar-refractivity contribution >= 4 is 5.91 Å². The van der Waals surface area contributed by atoms with Gasteiger partial charge in [0.1, 0.15) is 0 Å². The van der Waals surface area contributed by atoms with E-state index in [1.807, 2.05) is 6.07 Å².